The fraction of sp³-hybridized carbons (Fsp3) is 0.412. The lowest BCUT2D eigenvalue weighted by molar-refractivity contribution is -0.683. The molecule has 118 valence electrons. The Morgan fingerprint density at radius 1 is 1.45 bits per heavy atom. The third-order valence-corrected chi connectivity index (χ3v) is 3.80. The van der Waals surface area contributed by atoms with E-state index in [0.29, 0.717) is 6.61 Å². The van der Waals surface area contributed by atoms with E-state index in [1.54, 1.807) is 36.2 Å². The standard InChI is InChI=1S/C17H22N2O3/c1-12-8-16(14(3)19(12)13(2)11-22-4)17(21)10-18-7-5-6-15(20)9-18/h5-9,13H,10-11H2,1-4H3/p+1/t13-/m0/s1. The van der Waals surface area contributed by atoms with Crippen molar-refractivity contribution in [3.8, 4) is 5.75 Å². The molecule has 0 unspecified atom stereocenters. The first-order valence-electron chi connectivity index (χ1n) is 7.32. The molecular weight excluding hydrogens is 280 g/mol. The Kier molecular flexibility index (Phi) is 4.98. The highest BCUT2D eigenvalue weighted by atomic mass is 16.5. The number of carbonyl (C=O) groups excluding carboxylic acids is 1. The first kappa shape index (κ1) is 16.2. The van der Waals surface area contributed by atoms with Gasteiger partial charge in [0, 0.05) is 30.1 Å². The first-order chi connectivity index (χ1) is 10.4. The molecule has 0 radical (unpaired) electrons. The van der Waals surface area contributed by atoms with Gasteiger partial charge in [-0.25, -0.2) is 0 Å². The van der Waals surface area contributed by atoms with Crippen LogP contribution < -0.4 is 4.57 Å². The van der Waals surface area contributed by atoms with E-state index in [-0.39, 0.29) is 24.1 Å². The molecule has 0 aliphatic carbocycles. The number of hydrogen-bond donors (Lipinski definition) is 1. The number of aryl methyl sites for hydroxylation is 1. The Morgan fingerprint density at radius 2 is 2.18 bits per heavy atom. The van der Waals surface area contributed by atoms with Gasteiger partial charge in [-0.2, -0.15) is 4.57 Å². The Labute approximate surface area is 130 Å². The minimum atomic E-state index is 0.0274. The SMILES string of the molecule is COC[C@H](C)n1c(C)cc(C(=O)C[n+]2cccc(O)c2)c1C. The topological polar surface area (TPSA) is 55.3 Å². The maximum atomic E-state index is 12.5. The van der Waals surface area contributed by atoms with E-state index >= 15 is 0 Å². The van der Waals surface area contributed by atoms with Gasteiger partial charge in [-0.3, -0.25) is 4.79 Å². The van der Waals surface area contributed by atoms with Crippen molar-refractivity contribution in [2.24, 2.45) is 0 Å². The van der Waals surface area contributed by atoms with E-state index in [4.69, 9.17) is 4.74 Å². The number of hydrogen-bond acceptors (Lipinski definition) is 3. The molecule has 1 N–H and O–H groups in total. The van der Waals surface area contributed by atoms with Crippen molar-refractivity contribution in [2.75, 3.05) is 13.7 Å². The number of ether oxygens (including phenoxy) is 1. The molecule has 2 heterocycles. The molecule has 0 saturated carbocycles. The van der Waals surface area contributed by atoms with Crippen LogP contribution in [0.5, 0.6) is 5.75 Å². The van der Waals surface area contributed by atoms with E-state index in [2.05, 4.69) is 11.5 Å². The average molecular weight is 303 g/mol. The lowest BCUT2D eigenvalue weighted by Gasteiger charge is -2.17. The minimum Gasteiger partial charge on any atom is -0.503 e. The van der Waals surface area contributed by atoms with E-state index in [0.717, 1.165) is 17.0 Å². The highest BCUT2D eigenvalue weighted by molar-refractivity contribution is 5.96. The van der Waals surface area contributed by atoms with Gasteiger partial charge in [-0.15, -0.1) is 0 Å². The summed E-state index contributed by atoms with van der Waals surface area (Å²) in [5, 5.41) is 9.48. The summed E-state index contributed by atoms with van der Waals surface area (Å²) in [6, 6.07) is 5.40. The number of rotatable bonds is 6. The van der Waals surface area contributed by atoms with Crippen LogP contribution in [-0.2, 0) is 11.3 Å². The number of aromatic nitrogens is 2. The maximum Gasteiger partial charge on any atom is 0.229 e. The minimum absolute atomic E-state index is 0.0274. The van der Waals surface area contributed by atoms with Crippen LogP contribution in [0.25, 0.3) is 0 Å². The van der Waals surface area contributed by atoms with Crippen molar-refractivity contribution in [3.63, 3.8) is 0 Å². The van der Waals surface area contributed by atoms with Crippen LogP contribution in [0.15, 0.2) is 30.6 Å². The van der Waals surface area contributed by atoms with Crippen molar-refractivity contribution in [1.29, 1.82) is 0 Å². The summed E-state index contributed by atoms with van der Waals surface area (Å²) in [6.07, 6.45) is 3.31. The van der Waals surface area contributed by atoms with Gasteiger partial charge in [0.05, 0.1) is 12.6 Å². The summed E-state index contributed by atoms with van der Waals surface area (Å²) in [5.41, 5.74) is 2.72. The van der Waals surface area contributed by atoms with Gasteiger partial charge in [0.1, 0.15) is 0 Å². The highest BCUT2D eigenvalue weighted by Crippen LogP contribution is 2.21. The molecule has 2 rings (SSSR count). The van der Waals surface area contributed by atoms with Crippen molar-refractivity contribution >= 4 is 5.78 Å². The van der Waals surface area contributed by atoms with Gasteiger partial charge in [0.2, 0.25) is 18.5 Å². The summed E-state index contributed by atoms with van der Waals surface area (Å²) >= 11 is 0. The summed E-state index contributed by atoms with van der Waals surface area (Å²) in [5.74, 6) is 0.175. The summed E-state index contributed by atoms with van der Waals surface area (Å²) in [4.78, 5) is 12.5. The number of pyridine rings is 1. The Hall–Kier alpha value is -2.14. The zero-order valence-corrected chi connectivity index (χ0v) is 13.5. The summed E-state index contributed by atoms with van der Waals surface area (Å²) < 4.78 is 9.02. The molecule has 0 fully saturated rings. The molecule has 0 spiro atoms. The highest BCUT2D eigenvalue weighted by Gasteiger charge is 2.21. The third-order valence-electron chi connectivity index (χ3n) is 3.80. The molecule has 5 heteroatoms. The maximum absolute atomic E-state index is 12.5. The van der Waals surface area contributed by atoms with Gasteiger partial charge in [-0.1, -0.05) is 0 Å². The molecule has 0 saturated heterocycles. The molecule has 0 bridgehead atoms. The molecule has 2 aromatic heterocycles. The second-order valence-corrected chi connectivity index (χ2v) is 5.62. The number of ketones is 1. The number of aromatic hydroxyl groups is 1. The molecule has 22 heavy (non-hydrogen) atoms. The lowest BCUT2D eigenvalue weighted by Crippen LogP contribution is -2.37. The average Bonchev–Trinajstić information content (AvgIpc) is 2.74. The molecule has 0 amide bonds. The quantitative estimate of drug-likeness (QED) is 0.657. The van der Waals surface area contributed by atoms with Crippen LogP contribution in [0.3, 0.4) is 0 Å². The molecule has 5 nitrogen and oxygen atoms in total. The van der Waals surface area contributed by atoms with Gasteiger partial charge >= 0.3 is 0 Å². The van der Waals surface area contributed by atoms with Crippen LogP contribution in [0.2, 0.25) is 0 Å². The van der Waals surface area contributed by atoms with Crippen LogP contribution in [-0.4, -0.2) is 29.2 Å². The number of methoxy groups -OCH3 is 1. The second-order valence-electron chi connectivity index (χ2n) is 5.62. The van der Waals surface area contributed by atoms with Crippen LogP contribution in [0.1, 0.15) is 34.7 Å². The van der Waals surface area contributed by atoms with Gasteiger partial charge in [0.15, 0.2) is 11.9 Å². The number of nitrogens with zero attached hydrogens (tertiary/aromatic N) is 2. The Bertz CT molecular complexity index is 677. The zero-order chi connectivity index (χ0) is 16.3. The van der Waals surface area contributed by atoms with Crippen LogP contribution in [0.4, 0.5) is 0 Å². The summed E-state index contributed by atoms with van der Waals surface area (Å²) in [6.45, 7) is 6.83. The summed E-state index contributed by atoms with van der Waals surface area (Å²) in [7, 11) is 1.68. The second kappa shape index (κ2) is 6.75. The molecule has 0 aromatic carbocycles. The largest absolute Gasteiger partial charge is 0.503 e. The van der Waals surface area contributed by atoms with Gasteiger partial charge in [-0.05, 0) is 32.9 Å². The molecule has 0 aliphatic rings. The molecule has 2 aromatic rings. The molecule has 1 atom stereocenters. The van der Waals surface area contributed by atoms with Crippen molar-refractivity contribution < 1.29 is 19.2 Å². The van der Waals surface area contributed by atoms with Crippen LogP contribution in [0, 0.1) is 13.8 Å². The third kappa shape index (κ3) is 3.36. The fourth-order valence-corrected chi connectivity index (χ4v) is 2.91. The van der Waals surface area contributed by atoms with E-state index in [1.807, 2.05) is 19.9 Å². The molecule has 0 aliphatic heterocycles. The normalized spacial score (nSPS) is 12.4. The number of Topliss-reactive ketones (excluding diaryl/α,β-unsaturated/α-hetero) is 1. The lowest BCUT2D eigenvalue weighted by atomic mass is 10.1. The predicted molar refractivity (Wildman–Crippen MR) is 83.1 cm³/mol. The number of carbonyl (C=O) groups is 1. The van der Waals surface area contributed by atoms with E-state index in [9.17, 15) is 9.90 Å². The molecular formula is C17H23N2O3+. The van der Waals surface area contributed by atoms with E-state index in [1.165, 1.54) is 0 Å². The Morgan fingerprint density at radius 3 is 2.82 bits per heavy atom. The van der Waals surface area contributed by atoms with Crippen molar-refractivity contribution in [2.45, 2.75) is 33.4 Å². The van der Waals surface area contributed by atoms with Crippen LogP contribution >= 0.6 is 0 Å². The van der Waals surface area contributed by atoms with Gasteiger partial charge in [0.25, 0.3) is 0 Å². The van der Waals surface area contributed by atoms with Crippen molar-refractivity contribution in [3.05, 3.63) is 47.5 Å². The smallest absolute Gasteiger partial charge is 0.229 e. The first-order valence-corrected chi connectivity index (χ1v) is 7.32. The fourth-order valence-electron chi connectivity index (χ4n) is 2.91. The monoisotopic (exact) mass is 303 g/mol. The predicted octanol–water partition coefficient (Wildman–Crippen LogP) is 2.19. The Balaban J connectivity index is 2.25. The van der Waals surface area contributed by atoms with Gasteiger partial charge < -0.3 is 14.4 Å². The van der Waals surface area contributed by atoms with E-state index < -0.39 is 0 Å². The zero-order valence-electron chi connectivity index (χ0n) is 13.5. The van der Waals surface area contributed by atoms with Crippen molar-refractivity contribution in [1.82, 2.24) is 4.57 Å².